The van der Waals surface area contributed by atoms with Crippen LogP contribution in [0.4, 0.5) is 5.69 Å². The largest absolute Gasteiger partial charge is 0.339 e. The van der Waals surface area contributed by atoms with E-state index < -0.39 is 0 Å². The molecule has 3 rings (SSSR count). The number of nitrogens with one attached hydrogen (secondary N) is 1. The second-order valence-electron chi connectivity index (χ2n) is 7.14. The van der Waals surface area contributed by atoms with Crippen molar-refractivity contribution in [1.29, 1.82) is 0 Å². The van der Waals surface area contributed by atoms with Crippen molar-refractivity contribution in [2.24, 2.45) is 0 Å². The molecule has 2 aromatic carbocycles. The van der Waals surface area contributed by atoms with Crippen LogP contribution < -0.4 is 5.32 Å². The summed E-state index contributed by atoms with van der Waals surface area (Å²) in [7, 11) is 1.92. The number of likely N-dealkylation sites (tertiary alicyclic amines) is 1. The number of anilines is 1. The van der Waals surface area contributed by atoms with Gasteiger partial charge in [0.05, 0.1) is 6.54 Å². The first-order valence-electron chi connectivity index (χ1n) is 9.53. The van der Waals surface area contributed by atoms with Gasteiger partial charge in [0.2, 0.25) is 5.91 Å². The van der Waals surface area contributed by atoms with Crippen LogP contribution in [-0.2, 0) is 11.3 Å². The van der Waals surface area contributed by atoms with Crippen LogP contribution in [0.25, 0.3) is 0 Å². The number of carbonyl (C=O) groups excluding carboxylic acids is 2. The van der Waals surface area contributed by atoms with Crippen molar-refractivity contribution in [3.05, 3.63) is 65.7 Å². The van der Waals surface area contributed by atoms with Gasteiger partial charge in [0.1, 0.15) is 0 Å². The minimum absolute atomic E-state index is 0.0481. The summed E-state index contributed by atoms with van der Waals surface area (Å²) in [4.78, 5) is 28.8. The Labute approximate surface area is 161 Å². The summed E-state index contributed by atoms with van der Waals surface area (Å²) < 4.78 is 0. The standard InChI is InChI=1S/C22H27N3O2/c1-24(16-18-9-4-2-5-10-18)17-21(26)23-20-12-8-11-19(15-20)22(27)25-13-6-3-7-14-25/h2,4-5,8-12,15H,3,6-7,13-14,16-17H2,1H3,(H,23,26). The van der Waals surface area contributed by atoms with Crippen LogP contribution >= 0.6 is 0 Å². The first kappa shape index (κ1) is 19.1. The van der Waals surface area contributed by atoms with Gasteiger partial charge < -0.3 is 10.2 Å². The summed E-state index contributed by atoms with van der Waals surface area (Å²) in [6.07, 6.45) is 3.32. The summed E-state index contributed by atoms with van der Waals surface area (Å²) in [5.41, 5.74) is 2.46. The predicted octanol–water partition coefficient (Wildman–Crippen LogP) is 3.38. The fraction of sp³-hybridized carbons (Fsp3) is 0.364. The van der Waals surface area contributed by atoms with E-state index in [1.165, 1.54) is 12.0 Å². The van der Waals surface area contributed by atoms with Gasteiger partial charge in [-0.05, 0) is 50.1 Å². The number of piperidine rings is 1. The smallest absolute Gasteiger partial charge is 0.253 e. The monoisotopic (exact) mass is 365 g/mol. The van der Waals surface area contributed by atoms with Gasteiger partial charge in [-0.2, -0.15) is 0 Å². The van der Waals surface area contributed by atoms with Gasteiger partial charge in [0, 0.05) is 30.9 Å². The van der Waals surface area contributed by atoms with E-state index >= 15 is 0 Å². The van der Waals surface area contributed by atoms with Crippen molar-refractivity contribution >= 4 is 17.5 Å². The number of hydrogen-bond acceptors (Lipinski definition) is 3. The molecule has 142 valence electrons. The quantitative estimate of drug-likeness (QED) is 0.854. The third kappa shape index (κ3) is 5.66. The number of carbonyl (C=O) groups is 2. The summed E-state index contributed by atoms with van der Waals surface area (Å²) in [6, 6.07) is 17.3. The third-order valence-electron chi connectivity index (χ3n) is 4.75. The lowest BCUT2D eigenvalue weighted by atomic mass is 10.1. The average molecular weight is 365 g/mol. The van der Waals surface area contributed by atoms with E-state index in [1.54, 1.807) is 6.07 Å². The molecule has 5 heteroatoms. The van der Waals surface area contributed by atoms with Gasteiger partial charge in [-0.15, -0.1) is 0 Å². The fourth-order valence-electron chi connectivity index (χ4n) is 3.41. The molecule has 1 fully saturated rings. The van der Waals surface area contributed by atoms with E-state index in [9.17, 15) is 9.59 Å². The molecular weight excluding hydrogens is 338 g/mol. The molecule has 1 aliphatic rings. The van der Waals surface area contributed by atoms with Crippen molar-refractivity contribution in [3.8, 4) is 0 Å². The molecule has 1 saturated heterocycles. The Balaban J connectivity index is 1.55. The van der Waals surface area contributed by atoms with Crippen LogP contribution in [0.5, 0.6) is 0 Å². The van der Waals surface area contributed by atoms with Gasteiger partial charge in [-0.1, -0.05) is 36.4 Å². The van der Waals surface area contributed by atoms with Crippen LogP contribution in [0.1, 0.15) is 35.2 Å². The Morgan fingerprint density at radius 1 is 1.00 bits per heavy atom. The molecule has 1 heterocycles. The maximum absolute atomic E-state index is 12.6. The van der Waals surface area contributed by atoms with E-state index in [1.807, 2.05) is 65.4 Å². The Hall–Kier alpha value is -2.66. The fourth-order valence-corrected chi connectivity index (χ4v) is 3.41. The first-order chi connectivity index (χ1) is 13.1. The highest BCUT2D eigenvalue weighted by molar-refractivity contribution is 5.97. The lowest BCUT2D eigenvalue weighted by molar-refractivity contribution is -0.117. The molecule has 2 aromatic rings. The highest BCUT2D eigenvalue weighted by Crippen LogP contribution is 2.16. The number of likely N-dealkylation sites (N-methyl/N-ethyl adjacent to an activating group) is 1. The highest BCUT2D eigenvalue weighted by Gasteiger charge is 2.18. The van der Waals surface area contributed by atoms with Gasteiger partial charge in [-0.25, -0.2) is 0 Å². The zero-order valence-electron chi connectivity index (χ0n) is 15.9. The molecule has 0 bridgehead atoms. The van der Waals surface area contributed by atoms with E-state index in [2.05, 4.69) is 5.32 Å². The van der Waals surface area contributed by atoms with Gasteiger partial charge >= 0.3 is 0 Å². The van der Waals surface area contributed by atoms with Crippen molar-refractivity contribution in [2.45, 2.75) is 25.8 Å². The number of amides is 2. The zero-order valence-corrected chi connectivity index (χ0v) is 15.9. The molecule has 2 amide bonds. The van der Waals surface area contributed by atoms with Crippen molar-refractivity contribution in [1.82, 2.24) is 9.80 Å². The minimum Gasteiger partial charge on any atom is -0.339 e. The molecule has 27 heavy (non-hydrogen) atoms. The lowest BCUT2D eigenvalue weighted by Gasteiger charge is -2.26. The number of benzene rings is 2. The maximum atomic E-state index is 12.6. The van der Waals surface area contributed by atoms with Crippen molar-refractivity contribution < 1.29 is 9.59 Å². The number of hydrogen-bond donors (Lipinski definition) is 1. The molecule has 0 spiro atoms. The van der Waals surface area contributed by atoms with Crippen LogP contribution in [0, 0.1) is 0 Å². The number of nitrogens with zero attached hydrogens (tertiary/aromatic N) is 2. The summed E-state index contributed by atoms with van der Waals surface area (Å²) >= 11 is 0. The molecule has 0 aromatic heterocycles. The molecule has 5 nitrogen and oxygen atoms in total. The molecule has 0 radical (unpaired) electrons. The molecule has 1 aliphatic heterocycles. The summed E-state index contributed by atoms with van der Waals surface area (Å²) in [5.74, 6) is -0.0389. The Morgan fingerprint density at radius 3 is 2.48 bits per heavy atom. The first-order valence-corrected chi connectivity index (χ1v) is 9.53. The molecule has 0 unspecified atom stereocenters. The normalized spacial score (nSPS) is 14.2. The van der Waals surface area contributed by atoms with Gasteiger partial charge in [0.15, 0.2) is 0 Å². The Morgan fingerprint density at radius 2 is 1.74 bits per heavy atom. The molecular formula is C22H27N3O2. The topological polar surface area (TPSA) is 52.7 Å². The van der Waals surface area contributed by atoms with Gasteiger partial charge in [0.25, 0.3) is 5.91 Å². The third-order valence-corrected chi connectivity index (χ3v) is 4.75. The summed E-state index contributed by atoms with van der Waals surface area (Å²) in [5, 5.41) is 2.91. The SMILES string of the molecule is CN(CC(=O)Nc1cccc(C(=O)N2CCCCC2)c1)Cc1ccccc1. The molecule has 1 N–H and O–H groups in total. The molecule has 0 aliphatic carbocycles. The van der Waals surface area contributed by atoms with Crippen molar-refractivity contribution in [2.75, 3.05) is 32.0 Å². The Kier molecular flexibility index (Phi) is 6.60. The van der Waals surface area contributed by atoms with Crippen LogP contribution in [0.15, 0.2) is 54.6 Å². The maximum Gasteiger partial charge on any atom is 0.253 e. The van der Waals surface area contributed by atoms with Crippen LogP contribution in [-0.4, -0.2) is 48.3 Å². The van der Waals surface area contributed by atoms with E-state index in [4.69, 9.17) is 0 Å². The minimum atomic E-state index is -0.0870. The Bertz CT molecular complexity index is 770. The number of rotatable bonds is 6. The van der Waals surface area contributed by atoms with Crippen LogP contribution in [0.2, 0.25) is 0 Å². The van der Waals surface area contributed by atoms with E-state index in [0.717, 1.165) is 25.9 Å². The van der Waals surface area contributed by atoms with E-state index in [0.29, 0.717) is 24.3 Å². The summed E-state index contributed by atoms with van der Waals surface area (Å²) in [6.45, 7) is 2.64. The predicted molar refractivity (Wildman–Crippen MR) is 108 cm³/mol. The highest BCUT2D eigenvalue weighted by atomic mass is 16.2. The lowest BCUT2D eigenvalue weighted by Crippen LogP contribution is -2.35. The second kappa shape index (κ2) is 9.33. The zero-order chi connectivity index (χ0) is 19.1. The van der Waals surface area contributed by atoms with E-state index in [-0.39, 0.29) is 11.8 Å². The molecule has 0 saturated carbocycles. The van der Waals surface area contributed by atoms with Gasteiger partial charge in [-0.3, -0.25) is 14.5 Å². The van der Waals surface area contributed by atoms with Crippen LogP contribution in [0.3, 0.4) is 0 Å². The second-order valence-corrected chi connectivity index (χ2v) is 7.14. The average Bonchev–Trinajstić information content (AvgIpc) is 2.69. The van der Waals surface area contributed by atoms with Crippen molar-refractivity contribution in [3.63, 3.8) is 0 Å². The molecule has 0 atom stereocenters.